The molecule has 0 spiro atoms. The number of rotatable bonds is 6. The summed E-state index contributed by atoms with van der Waals surface area (Å²) in [4.78, 5) is 17.4. The maximum atomic E-state index is 12.6. The van der Waals surface area contributed by atoms with Gasteiger partial charge in [-0.15, -0.1) is 0 Å². The van der Waals surface area contributed by atoms with E-state index in [1.54, 1.807) is 12.3 Å². The lowest BCUT2D eigenvalue weighted by Crippen LogP contribution is -2.25. The molecule has 0 bridgehead atoms. The second-order valence-corrected chi connectivity index (χ2v) is 6.17. The molecule has 130 valence electrons. The molecule has 1 aromatic carbocycles. The van der Waals surface area contributed by atoms with Gasteiger partial charge in [-0.2, -0.15) is 5.10 Å². The van der Waals surface area contributed by atoms with Gasteiger partial charge in [0.1, 0.15) is 0 Å². The van der Waals surface area contributed by atoms with E-state index in [9.17, 15) is 4.79 Å². The molecule has 2 N–H and O–H groups in total. The molecule has 6 nitrogen and oxygen atoms in total. The topological polar surface area (TPSA) is 80.0 Å². The van der Waals surface area contributed by atoms with Crippen LogP contribution in [0.15, 0.2) is 42.6 Å². The predicted molar refractivity (Wildman–Crippen MR) is 97.4 cm³/mol. The second kappa shape index (κ2) is 7.44. The largest absolute Gasteiger partial charge is 0.396 e. The smallest absolute Gasteiger partial charge is 0.252 e. The van der Waals surface area contributed by atoms with E-state index in [0.29, 0.717) is 24.2 Å². The number of hydrogen-bond donors (Lipinski definition) is 2. The fraction of sp³-hybridized carbons (Fsp3) is 0.316. The van der Waals surface area contributed by atoms with Gasteiger partial charge in [0.15, 0.2) is 5.65 Å². The Morgan fingerprint density at radius 1 is 1.28 bits per heavy atom. The van der Waals surface area contributed by atoms with Crippen molar-refractivity contribution >= 4 is 16.9 Å². The van der Waals surface area contributed by atoms with Gasteiger partial charge in [-0.1, -0.05) is 30.3 Å². The van der Waals surface area contributed by atoms with Crippen molar-refractivity contribution in [2.75, 3.05) is 13.2 Å². The molecule has 0 aliphatic rings. The quantitative estimate of drug-likeness (QED) is 0.677. The maximum Gasteiger partial charge on any atom is 0.252 e. The van der Waals surface area contributed by atoms with Crippen LogP contribution in [-0.2, 0) is 0 Å². The zero-order valence-corrected chi connectivity index (χ0v) is 14.4. The molecule has 0 atom stereocenters. The van der Waals surface area contributed by atoms with Crippen LogP contribution in [0.1, 0.15) is 36.7 Å². The molecule has 2 aromatic heterocycles. The number of nitrogens with one attached hydrogen (secondary N) is 1. The molecular weight excluding hydrogens is 316 g/mol. The summed E-state index contributed by atoms with van der Waals surface area (Å²) in [6, 6.07) is 11.7. The van der Waals surface area contributed by atoms with Gasteiger partial charge in [0.2, 0.25) is 0 Å². The monoisotopic (exact) mass is 338 g/mol. The van der Waals surface area contributed by atoms with Crippen molar-refractivity contribution in [2.24, 2.45) is 0 Å². The van der Waals surface area contributed by atoms with Crippen LogP contribution in [0.3, 0.4) is 0 Å². The Morgan fingerprint density at radius 2 is 2.04 bits per heavy atom. The molecule has 3 rings (SSSR count). The summed E-state index contributed by atoms with van der Waals surface area (Å²) < 4.78 is 1.83. The van der Waals surface area contributed by atoms with E-state index >= 15 is 0 Å². The Bertz CT molecular complexity index is 872. The third kappa shape index (κ3) is 3.53. The number of hydrogen-bond acceptors (Lipinski definition) is 4. The molecule has 0 aliphatic carbocycles. The number of aliphatic hydroxyl groups is 1. The lowest BCUT2D eigenvalue weighted by Gasteiger charge is -2.11. The lowest BCUT2D eigenvalue weighted by atomic mass is 10.1. The van der Waals surface area contributed by atoms with Crippen LogP contribution in [0, 0.1) is 0 Å². The summed E-state index contributed by atoms with van der Waals surface area (Å²) in [7, 11) is 0. The first-order valence-corrected chi connectivity index (χ1v) is 8.44. The van der Waals surface area contributed by atoms with Gasteiger partial charge in [-0.25, -0.2) is 9.67 Å². The van der Waals surface area contributed by atoms with Crippen molar-refractivity contribution in [3.63, 3.8) is 0 Å². The molecule has 0 saturated heterocycles. The van der Waals surface area contributed by atoms with E-state index in [4.69, 9.17) is 10.1 Å². The van der Waals surface area contributed by atoms with E-state index in [1.807, 2.05) is 48.9 Å². The fourth-order valence-electron chi connectivity index (χ4n) is 2.72. The first-order valence-electron chi connectivity index (χ1n) is 8.44. The van der Waals surface area contributed by atoms with Gasteiger partial charge in [-0.3, -0.25) is 4.79 Å². The summed E-state index contributed by atoms with van der Waals surface area (Å²) in [6.07, 6.45) is 2.22. The normalized spacial score (nSPS) is 11.2. The van der Waals surface area contributed by atoms with Gasteiger partial charge >= 0.3 is 0 Å². The van der Waals surface area contributed by atoms with E-state index in [2.05, 4.69) is 10.4 Å². The summed E-state index contributed by atoms with van der Waals surface area (Å²) in [6.45, 7) is 4.54. The van der Waals surface area contributed by atoms with Crippen molar-refractivity contribution in [1.29, 1.82) is 0 Å². The van der Waals surface area contributed by atoms with Crippen LogP contribution in [0.25, 0.3) is 22.3 Å². The summed E-state index contributed by atoms with van der Waals surface area (Å²) in [5, 5.41) is 16.9. The Hall–Kier alpha value is -2.73. The minimum absolute atomic E-state index is 0.0482. The Morgan fingerprint density at radius 3 is 2.72 bits per heavy atom. The van der Waals surface area contributed by atoms with Gasteiger partial charge in [0, 0.05) is 24.8 Å². The molecule has 1 amide bonds. The molecule has 0 fully saturated rings. The minimum atomic E-state index is -0.179. The number of benzene rings is 1. The van der Waals surface area contributed by atoms with Crippen LogP contribution < -0.4 is 5.32 Å². The number of amides is 1. The highest BCUT2D eigenvalue weighted by molar-refractivity contribution is 6.06. The lowest BCUT2D eigenvalue weighted by molar-refractivity contribution is 0.0953. The Labute approximate surface area is 146 Å². The van der Waals surface area contributed by atoms with Crippen molar-refractivity contribution in [2.45, 2.75) is 26.3 Å². The van der Waals surface area contributed by atoms with Gasteiger partial charge in [-0.05, 0) is 26.3 Å². The summed E-state index contributed by atoms with van der Waals surface area (Å²) >= 11 is 0. The van der Waals surface area contributed by atoms with E-state index in [1.165, 1.54) is 0 Å². The van der Waals surface area contributed by atoms with E-state index in [-0.39, 0.29) is 18.6 Å². The third-order valence-electron chi connectivity index (χ3n) is 3.99. The molecule has 0 saturated carbocycles. The van der Waals surface area contributed by atoms with E-state index in [0.717, 1.165) is 16.6 Å². The second-order valence-electron chi connectivity index (χ2n) is 6.17. The number of aromatic nitrogens is 3. The first-order chi connectivity index (χ1) is 12.1. The predicted octanol–water partition coefficient (Wildman–Crippen LogP) is 2.79. The number of pyridine rings is 1. The summed E-state index contributed by atoms with van der Waals surface area (Å²) in [5.74, 6) is -0.179. The molecule has 2 heterocycles. The van der Waals surface area contributed by atoms with Crippen LogP contribution in [0.4, 0.5) is 0 Å². The number of nitrogens with zero attached hydrogens (tertiary/aromatic N) is 3. The average Bonchev–Trinajstić information content (AvgIpc) is 3.06. The van der Waals surface area contributed by atoms with Crippen LogP contribution in [-0.4, -0.2) is 38.9 Å². The molecule has 0 unspecified atom stereocenters. The molecule has 3 aromatic rings. The molecule has 6 heteroatoms. The standard InChI is InChI=1S/C19H22N4O2/c1-13(2)23-18-16(12-21-23)15(19(25)20-9-6-10-24)11-17(22-18)14-7-4-3-5-8-14/h3-5,7-8,11-13,24H,6,9-10H2,1-2H3,(H,20,25). The van der Waals surface area contributed by atoms with Crippen LogP contribution in [0.5, 0.6) is 0 Å². The highest BCUT2D eigenvalue weighted by Gasteiger charge is 2.18. The zero-order valence-electron chi connectivity index (χ0n) is 14.4. The molecule has 25 heavy (non-hydrogen) atoms. The third-order valence-corrected chi connectivity index (χ3v) is 3.99. The molecular formula is C19H22N4O2. The first kappa shape index (κ1) is 17.1. The number of fused-ring (bicyclic) bond motifs is 1. The van der Waals surface area contributed by atoms with Crippen LogP contribution >= 0.6 is 0 Å². The number of carbonyl (C=O) groups is 1. The van der Waals surface area contributed by atoms with Gasteiger partial charge in [0.25, 0.3) is 5.91 Å². The maximum absolute atomic E-state index is 12.6. The minimum Gasteiger partial charge on any atom is -0.396 e. The Kier molecular flexibility index (Phi) is 5.09. The average molecular weight is 338 g/mol. The summed E-state index contributed by atoms with van der Waals surface area (Å²) in [5.41, 5.74) is 2.94. The van der Waals surface area contributed by atoms with Gasteiger partial charge in [0.05, 0.1) is 22.8 Å². The SMILES string of the molecule is CC(C)n1ncc2c(C(=O)NCCCO)cc(-c3ccccc3)nc21. The van der Waals surface area contributed by atoms with Crippen molar-refractivity contribution in [3.8, 4) is 11.3 Å². The van der Waals surface area contributed by atoms with Crippen molar-refractivity contribution < 1.29 is 9.90 Å². The van der Waals surface area contributed by atoms with Crippen molar-refractivity contribution in [1.82, 2.24) is 20.1 Å². The number of carbonyl (C=O) groups excluding carboxylic acids is 1. The van der Waals surface area contributed by atoms with E-state index < -0.39 is 0 Å². The Balaban J connectivity index is 2.12. The fourth-order valence-corrected chi connectivity index (χ4v) is 2.72. The van der Waals surface area contributed by atoms with Crippen molar-refractivity contribution in [3.05, 3.63) is 48.2 Å². The molecule has 0 aliphatic heterocycles. The van der Waals surface area contributed by atoms with Gasteiger partial charge < -0.3 is 10.4 Å². The highest BCUT2D eigenvalue weighted by Crippen LogP contribution is 2.26. The van der Waals surface area contributed by atoms with Crippen LogP contribution in [0.2, 0.25) is 0 Å². The zero-order chi connectivity index (χ0) is 17.8. The highest BCUT2D eigenvalue weighted by atomic mass is 16.3. The molecule has 0 radical (unpaired) electrons. The number of aliphatic hydroxyl groups excluding tert-OH is 1.